The Morgan fingerprint density at radius 3 is 2.55 bits per heavy atom. The zero-order valence-corrected chi connectivity index (χ0v) is 17.6. The number of halogens is 5. The molecule has 0 saturated heterocycles. The van der Waals surface area contributed by atoms with Crippen molar-refractivity contribution in [2.24, 2.45) is 0 Å². The van der Waals surface area contributed by atoms with E-state index in [0.29, 0.717) is 33.3 Å². The Kier molecular flexibility index (Phi) is 5.74. The van der Waals surface area contributed by atoms with Crippen LogP contribution in [0.5, 0.6) is 0 Å². The van der Waals surface area contributed by atoms with E-state index >= 15 is 0 Å². The van der Waals surface area contributed by atoms with E-state index in [1.54, 1.807) is 24.3 Å². The number of hydrogen-bond donors (Lipinski definition) is 1. The smallest absolute Gasteiger partial charge is 0.323 e. The van der Waals surface area contributed by atoms with E-state index in [-0.39, 0.29) is 10.7 Å². The number of benzene rings is 2. The Morgan fingerprint density at radius 2 is 1.87 bits per heavy atom. The summed E-state index contributed by atoms with van der Waals surface area (Å²) in [4.78, 5) is 16.8. The summed E-state index contributed by atoms with van der Waals surface area (Å²) in [5.41, 5.74) is 1.55. The van der Waals surface area contributed by atoms with E-state index < -0.39 is 22.1 Å². The van der Waals surface area contributed by atoms with Gasteiger partial charge in [-0.2, -0.15) is 13.9 Å². The van der Waals surface area contributed by atoms with Crippen LogP contribution in [0.2, 0.25) is 5.02 Å². The average molecular weight is 483 g/mol. The van der Waals surface area contributed by atoms with Crippen LogP contribution in [0.15, 0.2) is 54.6 Å². The van der Waals surface area contributed by atoms with Crippen LogP contribution in [0.25, 0.3) is 22.3 Å². The molecule has 0 aliphatic carbocycles. The van der Waals surface area contributed by atoms with E-state index in [2.05, 4.69) is 15.4 Å². The summed E-state index contributed by atoms with van der Waals surface area (Å²) in [7, 11) is 0. The first-order chi connectivity index (χ1) is 14.7. The molecule has 0 aliphatic heterocycles. The molecule has 11 heteroatoms. The third-order valence-electron chi connectivity index (χ3n) is 4.11. The molecule has 0 atom stereocenters. The van der Waals surface area contributed by atoms with E-state index in [1.807, 2.05) is 0 Å². The lowest BCUT2D eigenvalue weighted by molar-refractivity contribution is -0.111. The highest BCUT2D eigenvalue weighted by Crippen LogP contribution is 2.38. The number of rotatable bonds is 5. The minimum absolute atomic E-state index is 0.156. The summed E-state index contributed by atoms with van der Waals surface area (Å²) >= 11 is 12.0. The number of nitrogens with one attached hydrogen (secondary N) is 1. The van der Waals surface area contributed by atoms with Gasteiger partial charge in [-0.25, -0.2) is 13.9 Å². The molecule has 0 saturated carbocycles. The SMILES string of the molecule is O=C(C=Cc1c(-c2ccccc2Cl)nc2sc(C(F)(F)Cl)nn12)Nc1ccc(F)cc1. The first-order valence-electron chi connectivity index (χ1n) is 8.68. The number of amides is 1. The largest absolute Gasteiger partial charge is 0.375 e. The van der Waals surface area contributed by atoms with E-state index in [4.69, 9.17) is 23.2 Å². The fourth-order valence-corrected chi connectivity index (χ4v) is 3.90. The number of carbonyl (C=O) groups is 1. The predicted octanol–water partition coefficient (Wildman–Crippen LogP) is 6.19. The van der Waals surface area contributed by atoms with Crippen LogP contribution in [0.1, 0.15) is 10.7 Å². The Balaban J connectivity index is 1.74. The molecule has 0 spiro atoms. The lowest BCUT2D eigenvalue weighted by atomic mass is 10.1. The van der Waals surface area contributed by atoms with Gasteiger partial charge in [0.05, 0.1) is 10.7 Å². The highest BCUT2D eigenvalue weighted by Gasteiger charge is 2.34. The molecule has 0 unspecified atom stereocenters. The van der Waals surface area contributed by atoms with Crippen molar-refractivity contribution in [1.82, 2.24) is 14.6 Å². The zero-order chi connectivity index (χ0) is 22.2. The third kappa shape index (κ3) is 4.58. The molecular weight excluding hydrogens is 472 g/mol. The molecule has 2 aromatic carbocycles. The van der Waals surface area contributed by atoms with Crippen molar-refractivity contribution in [3.63, 3.8) is 0 Å². The molecule has 1 N–H and O–H groups in total. The Morgan fingerprint density at radius 1 is 1.16 bits per heavy atom. The van der Waals surface area contributed by atoms with Crippen molar-refractivity contribution in [2.45, 2.75) is 5.38 Å². The van der Waals surface area contributed by atoms with Gasteiger partial charge in [0.1, 0.15) is 11.5 Å². The molecule has 4 aromatic rings. The molecule has 158 valence electrons. The summed E-state index contributed by atoms with van der Waals surface area (Å²) in [6, 6.07) is 12.1. The van der Waals surface area contributed by atoms with E-state index in [1.165, 1.54) is 40.9 Å². The normalized spacial score (nSPS) is 12.0. The lowest BCUT2D eigenvalue weighted by Gasteiger charge is -2.04. The standard InChI is InChI=1S/C20H11Cl2F3N4OS/c21-14-4-2-1-3-13(14)17-15(29-19(27-17)31-18(28-29)20(22,24)25)9-10-16(30)26-12-7-5-11(23)6-8-12/h1-10H,(H,26,30). The highest BCUT2D eigenvalue weighted by molar-refractivity contribution is 7.17. The van der Waals surface area contributed by atoms with E-state index in [0.717, 1.165) is 0 Å². The number of imidazole rings is 1. The quantitative estimate of drug-likeness (QED) is 0.272. The molecule has 31 heavy (non-hydrogen) atoms. The van der Waals surface area contributed by atoms with Crippen molar-refractivity contribution in [1.29, 1.82) is 0 Å². The average Bonchev–Trinajstić information content (AvgIpc) is 3.27. The van der Waals surface area contributed by atoms with Crippen molar-refractivity contribution < 1.29 is 18.0 Å². The highest BCUT2D eigenvalue weighted by atomic mass is 35.5. The van der Waals surface area contributed by atoms with Gasteiger partial charge >= 0.3 is 5.38 Å². The van der Waals surface area contributed by atoms with Crippen LogP contribution in [-0.4, -0.2) is 20.5 Å². The van der Waals surface area contributed by atoms with Gasteiger partial charge in [0.2, 0.25) is 15.9 Å². The summed E-state index contributed by atoms with van der Waals surface area (Å²) in [5.74, 6) is -0.959. The van der Waals surface area contributed by atoms with Gasteiger partial charge in [-0.1, -0.05) is 41.1 Å². The fourth-order valence-electron chi connectivity index (χ4n) is 2.75. The van der Waals surface area contributed by atoms with Gasteiger partial charge in [-0.05, 0) is 48.0 Å². The van der Waals surface area contributed by atoms with Gasteiger partial charge in [-0.15, -0.1) is 0 Å². The van der Waals surface area contributed by atoms with Crippen LogP contribution < -0.4 is 5.32 Å². The topological polar surface area (TPSA) is 59.3 Å². The molecule has 5 nitrogen and oxygen atoms in total. The summed E-state index contributed by atoms with van der Waals surface area (Å²) in [6.07, 6.45) is 2.57. The maximum atomic E-state index is 13.5. The number of carbonyl (C=O) groups excluding carboxylic acids is 1. The van der Waals surface area contributed by atoms with Crippen LogP contribution in [0.4, 0.5) is 18.9 Å². The fraction of sp³-hybridized carbons (Fsp3) is 0.0500. The summed E-state index contributed by atoms with van der Waals surface area (Å²) < 4.78 is 41.2. The van der Waals surface area contributed by atoms with Crippen molar-refractivity contribution >= 4 is 57.2 Å². The second-order valence-electron chi connectivity index (χ2n) is 6.25. The number of aromatic nitrogens is 3. The number of fused-ring (bicyclic) bond motifs is 1. The predicted molar refractivity (Wildman–Crippen MR) is 115 cm³/mol. The molecule has 2 aromatic heterocycles. The molecule has 4 rings (SSSR count). The van der Waals surface area contributed by atoms with Crippen LogP contribution in [-0.2, 0) is 10.2 Å². The molecular formula is C20H11Cl2F3N4OS. The van der Waals surface area contributed by atoms with Crippen molar-refractivity contribution in [3.8, 4) is 11.3 Å². The van der Waals surface area contributed by atoms with Crippen LogP contribution >= 0.6 is 34.5 Å². The number of alkyl halides is 3. The van der Waals surface area contributed by atoms with Gasteiger partial charge in [-0.3, -0.25) is 4.79 Å². The second-order valence-corrected chi connectivity index (χ2v) is 8.09. The molecule has 2 heterocycles. The number of nitrogens with zero attached hydrogens (tertiary/aromatic N) is 3. The van der Waals surface area contributed by atoms with Gasteiger partial charge in [0.15, 0.2) is 0 Å². The van der Waals surface area contributed by atoms with Crippen molar-refractivity contribution in [3.05, 3.63) is 76.1 Å². The molecule has 0 aliphatic rings. The Hall–Kier alpha value is -2.88. The second kappa shape index (κ2) is 8.33. The number of hydrogen-bond acceptors (Lipinski definition) is 4. The Labute approximate surface area is 187 Å². The number of anilines is 1. The molecule has 0 radical (unpaired) electrons. The van der Waals surface area contributed by atoms with Gasteiger partial charge in [0.25, 0.3) is 0 Å². The van der Waals surface area contributed by atoms with Gasteiger partial charge in [0, 0.05) is 17.3 Å². The third-order valence-corrected chi connectivity index (χ3v) is 5.71. The summed E-state index contributed by atoms with van der Waals surface area (Å²) in [5, 5.41) is 2.53. The molecule has 0 fully saturated rings. The monoisotopic (exact) mass is 482 g/mol. The first kappa shape index (κ1) is 21.4. The summed E-state index contributed by atoms with van der Waals surface area (Å²) in [6.45, 7) is 0. The van der Waals surface area contributed by atoms with Gasteiger partial charge < -0.3 is 5.32 Å². The Bertz CT molecular complexity index is 1300. The first-order valence-corrected chi connectivity index (χ1v) is 10.3. The molecule has 0 bridgehead atoms. The maximum absolute atomic E-state index is 13.5. The van der Waals surface area contributed by atoms with Crippen molar-refractivity contribution in [2.75, 3.05) is 5.32 Å². The molecule has 1 amide bonds. The van der Waals surface area contributed by atoms with Crippen LogP contribution in [0, 0.1) is 5.82 Å². The minimum Gasteiger partial charge on any atom is -0.323 e. The lowest BCUT2D eigenvalue weighted by Crippen LogP contribution is -2.08. The van der Waals surface area contributed by atoms with Crippen LogP contribution in [0.3, 0.4) is 0 Å². The minimum atomic E-state index is -3.66. The zero-order valence-electron chi connectivity index (χ0n) is 15.3. The maximum Gasteiger partial charge on any atom is 0.375 e. The van der Waals surface area contributed by atoms with E-state index in [9.17, 15) is 18.0 Å².